The van der Waals surface area contributed by atoms with E-state index < -0.39 is 82.0 Å². The molecule has 5 amide bonds. The van der Waals surface area contributed by atoms with Crippen LogP contribution in [0.1, 0.15) is 147 Å². The molecule has 0 saturated carbocycles. The molecule has 126 heavy (non-hydrogen) atoms. The maximum absolute atomic E-state index is 15.2. The first-order chi connectivity index (χ1) is 60.6. The molecule has 0 radical (unpaired) electrons. The number of benzene rings is 4. The number of nitrogens with two attached hydrogens (primary N) is 1. The van der Waals surface area contributed by atoms with Crippen molar-refractivity contribution >= 4 is 65.0 Å². The van der Waals surface area contributed by atoms with Gasteiger partial charge >= 0.3 is 11.9 Å². The molecule has 1 saturated heterocycles. The highest BCUT2D eigenvalue weighted by atomic mass is 32.2. The number of aromatic nitrogens is 2. The Kier molecular flexibility index (Phi) is 50.5. The summed E-state index contributed by atoms with van der Waals surface area (Å²) in [5.74, 6) is -6.12. The summed E-state index contributed by atoms with van der Waals surface area (Å²) in [7, 11) is 1.91. The maximum Gasteiger partial charge on any atom is 0.327 e. The smallest absolute Gasteiger partial charge is 0.327 e. The zero-order chi connectivity index (χ0) is 91.5. The molecule has 1 fully saturated rings. The van der Waals surface area contributed by atoms with Crippen molar-refractivity contribution in [3.8, 4) is 22.3 Å². The second-order valence-corrected chi connectivity index (χ2v) is 35.0. The van der Waals surface area contributed by atoms with E-state index in [0.717, 1.165) is 135 Å². The Labute approximate surface area is 749 Å². The average Bonchev–Trinajstić information content (AvgIpc) is 1.61. The molecule has 2 aromatic heterocycles. The lowest BCUT2D eigenvalue weighted by Gasteiger charge is -2.42. The monoisotopic (exact) mass is 1800 g/mol. The molecule has 27 nitrogen and oxygen atoms in total. The van der Waals surface area contributed by atoms with Crippen molar-refractivity contribution < 1.29 is 99.2 Å². The standard InChI is InChI=1S/C48H72F2N6O9S.C45H64F2N4O8S/c1-48(2,3)46(42-30-37(39-31-38(49)15-16-40(39)50)33-55(42)32-36-12-7-5-8-13-36)56(21-11-18-51)45(59)35-66-34-41(47(60)61)54-44(58)17-22-62-24-26-64-28-29-65-27-25-63-23-20-53-43(57)14-9-6-10-19-52-4;1-5-6-17-56-19-21-58-23-24-59-22-20-57-18-15-41(52)49-39(44(54)55)31-60-32-42(53)51(29-34-14-16-48-27-34)43(45(2,3)4)40-25-35(37-26-36(46)12-13-38(37)47)30-50(40)28-33-10-8-7-9-11-33/h5,7-8,12-13,15-16,30-31,33,41,46,52H,6,9-11,14,17-29,32,34-35,51H2,1-4H3,(H,53,57)(H,54,58)(H,60,61);7-13,25-26,30,34,39,43,48H,5-6,14-24,27-29,31-32H2,1-4H3,(H,49,52)(H,54,55)/t41-,46-;34?,39-,43-/m00/s1. The molecule has 1 aliphatic heterocycles. The van der Waals surface area contributed by atoms with Crippen molar-refractivity contribution in [2.45, 2.75) is 150 Å². The van der Waals surface area contributed by atoms with Gasteiger partial charge in [-0.2, -0.15) is 0 Å². The first kappa shape index (κ1) is 106. The number of rotatable bonds is 63. The van der Waals surface area contributed by atoms with E-state index in [1.54, 1.807) is 17.2 Å². The topological polar surface area (TPSA) is 336 Å². The second kappa shape index (κ2) is 59.8. The Bertz CT molecular complexity index is 4160. The van der Waals surface area contributed by atoms with E-state index in [0.29, 0.717) is 135 Å². The van der Waals surface area contributed by atoms with Crippen LogP contribution in [0, 0.1) is 40.0 Å². The van der Waals surface area contributed by atoms with Crippen molar-refractivity contribution in [2.24, 2.45) is 22.5 Å². The fraction of sp³-hybridized carbons (Fsp3) is 0.581. The van der Waals surface area contributed by atoms with Gasteiger partial charge in [0.2, 0.25) is 29.5 Å². The van der Waals surface area contributed by atoms with Gasteiger partial charge in [0.15, 0.2) is 0 Å². The van der Waals surface area contributed by atoms with Crippen LogP contribution in [-0.4, -0.2) is 264 Å². The minimum atomic E-state index is -1.25. The number of amides is 5. The lowest BCUT2D eigenvalue weighted by molar-refractivity contribution is -0.141. The van der Waals surface area contributed by atoms with Crippen LogP contribution in [0.25, 0.3) is 22.3 Å². The van der Waals surface area contributed by atoms with Crippen molar-refractivity contribution in [3.05, 3.63) is 167 Å². The molecule has 4 aromatic carbocycles. The highest BCUT2D eigenvalue weighted by molar-refractivity contribution is 8.00. The molecule has 3 heterocycles. The normalized spacial score (nSPS) is 13.8. The summed E-state index contributed by atoms with van der Waals surface area (Å²) in [6.07, 6.45) is 10.5. The predicted molar refractivity (Wildman–Crippen MR) is 483 cm³/mol. The number of halogens is 4. The Morgan fingerprint density at radius 3 is 1.36 bits per heavy atom. The summed E-state index contributed by atoms with van der Waals surface area (Å²) in [4.78, 5) is 93.8. The fourth-order valence-corrected chi connectivity index (χ4v) is 16.0. The maximum atomic E-state index is 15.2. The van der Waals surface area contributed by atoms with E-state index in [1.165, 1.54) is 6.07 Å². The van der Waals surface area contributed by atoms with Crippen LogP contribution < -0.4 is 32.3 Å². The number of nitrogens with one attached hydrogen (secondary N) is 5. The lowest BCUT2D eigenvalue weighted by atomic mass is 9.82. The second-order valence-electron chi connectivity index (χ2n) is 32.9. The van der Waals surface area contributed by atoms with E-state index in [4.69, 9.17) is 43.6 Å². The molecule has 33 heteroatoms. The number of aliphatic carboxylic acids is 2. The zero-order valence-corrected chi connectivity index (χ0v) is 76.4. The van der Waals surface area contributed by atoms with E-state index in [-0.39, 0.29) is 104 Å². The number of thioether (sulfide) groups is 2. The number of ether oxygens (including phenoxy) is 8. The van der Waals surface area contributed by atoms with Gasteiger partial charge in [-0.3, -0.25) is 24.0 Å². The van der Waals surface area contributed by atoms with Gasteiger partial charge in [0.25, 0.3) is 0 Å². The van der Waals surface area contributed by atoms with Crippen molar-refractivity contribution in [1.82, 2.24) is 45.5 Å². The van der Waals surface area contributed by atoms with E-state index >= 15 is 8.78 Å². The summed E-state index contributed by atoms with van der Waals surface area (Å²) in [5, 5.41) is 34.3. The van der Waals surface area contributed by atoms with Crippen molar-refractivity contribution in [2.75, 3.05) is 182 Å². The van der Waals surface area contributed by atoms with E-state index in [2.05, 4.69) is 54.3 Å². The highest BCUT2D eigenvalue weighted by Crippen LogP contribution is 2.44. The highest BCUT2D eigenvalue weighted by Gasteiger charge is 2.41. The van der Waals surface area contributed by atoms with Crippen LogP contribution in [0.5, 0.6) is 0 Å². The van der Waals surface area contributed by atoms with Crippen LogP contribution in [0.2, 0.25) is 0 Å². The van der Waals surface area contributed by atoms with Crippen molar-refractivity contribution in [3.63, 3.8) is 0 Å². The first-order valence-corrected chi connectivity index (χ1v) is 46.0. The summed E-state index contributed by atoms with van der Waals surface area (Å²) < 4.78 is 107. The number of carboxylic acid groups (broad SMARTS) is 2. The Hall–Kier alpha value is -8.29. The van der Waals surface area contributed by atoms with Crippen molar-refractivity contribution in [1.29, 1.82) is 0 Å². The minimum absolute atomic E-state index is 0.0269. The number of nitrogens with zero attached hydrogens (tertiary/aromatic N) is 4. The fourth-order valence-electron chi connectivity index (χ4n) is 14.2. The number of hydrogen-bond acceptors (Lipinski definition) is 20. The number of carbonyl (C=O) groups is 7. The first-order valence-electron chi connectivity index (χ1n) is 43.7. The summed E-state index contributed by atoms with van der Waals surface area (Å²) in [5.41, 5.74) is 9.52. The summed E-state index contributed by atoms with van der Waals surface area (Å²) in [6.45, 7) is 25.0. The quantitative estimate of drug-likeness (QED) is 0.0130. The largest absolute Gasteiger partial charge is 0.480 e. The summed E-state index contributed by atoms with van der Waals surface area (Å²) >= 11 is 2.24. The number of hydrogen-bond donors (Lipinski definition) is 8. The molecule has 1 unspecified atom stereocenters. The van der Waals surface area contributed by atoms with Gasteiger partial charge in [0.1, 0.15) is 35.4 Å². The Morgan fingerprint density at radius 1 is 0.516 bits per heavy atom. The average molecular weight is 1810 g/mol. The van der Waals surface area contributed by atoms with Gasteiger partial charge < -0.3 is 99.4 Å². The zero-order valence-electron chi connectivity index (χ0n) is 74.7. The Balaban J connectivity index is 0.000000391. The number of unbranched alkanes of at least 4 members (excludes halogenated alkanes) is 3. The molecule has 9 N–H and O–H groups in total. The minimum Gasteiger partial charge on any atom is -0.480 e. The van der Waals surface area contributed by atoms with Gasteiger partial charge in [0, 0.05) is 116 Å². The third-order valence-corrected chi connectivity index (χ3v) is 22.5. The van der Waals surface area contributed by atoms with Crippen LogP contribution in [-0.2, 0) is 84.5 Å². The molecule has 5 atom stereocenters. The SMILES string of the molecule is CCCCOCCOCCOCCOCCC(=O)N[C@@H](CSCC(=O)N(CC1CCNC1)[C@@H](c1cc(-c2cc(F)ccc2F)cn1Cc1ccccc1)C(C)(C)C)C(=O)O.CNCCCCCC(=O)NCCOCCOCCOCCOCCC(=O)N[C@@H](CSCC(=O)N(CCCN)[C@@H](c1cc(-c2cc(F)ccc2F)cn1Cc1ccccc1)C(C)(C)C)C(=O)O. The third kappa shape index (κ3) is 40.6. The van der Waals surface area contributed by atoms with Crippen LogP contribution in [0.15, 0.2) is 122 Å². The molecular weight excluding hydrogens is 1670 g/mol. The number of carbonyl (C=O) groups excluding carboxylic acids is 5. The molecule has 0 bridgehead atoms. The van der Waals surface area contributed by atoms with Gasteiger partial charge in [-0.1, -0.05) is 122 Å². The Morgan fingerprint density at radius 2 is 0.944 bits per heavy atom. The van der Waals surface area contributed by atoms with Crippen LogP contribution in [0.4, 0.5) is 17.6 Å². The third-order valence-electron chi connectivity index (χ3n) is 20.4. The van der Waals surface area contributed by atoms with Crippen LogP contribution >= 0.6 is 23.5 Å². The molecule has 6 aromatic rings. The molecule has 0 spiro atoms. The molecule has 1 aliphatic rings. The summed E-state index contributed by atoms with van der Waals surface area (Å²) in [6, 6.07) is 26.3. The van der Waals surface area contributed by atoms with E-state index in [9.17, 15) is 52.6 Å². The van der Waals surface area contributed by atoms with Crippen LogP contribution in [0.3, 0.4) is 0 Å². The van der Waals surface area contributed by atoms with Gasteiger partial charge in [-0.15, -0.1) is 23.5 Å². The van der Waals surface area contributed by atoms with E-state index in [1.807, 2.05) is 115 Å². The molecule has 7 rings (SSSR count). The van der Waals surface area contributed by atoms with Gasteiger partial charge in [-0.05, 0) is 142 Å². The predicted octanol–water partition coefficient (Wildman–Crippen LogP) is 12.0. The van der Waals surface area contributed by atoms with Gasteiger partial charge in [-0.25, -0.2) is 27.2 Å². The number of carboxylic acids is 2. The molecular formula is C93H136F4N10O17S2. The van der Waals surface area contributed by atoms with Gasteiger partial charge in [0.05, 0.1) is 123 Å². The molecule has 700 valence electrons. The lowest BCUT2D eigenvalue weighted by Crippen LogP contribution is -2.46. The molecule has 0 aliphatic carbocycles.